The number of hydrogen-bond donors (Lipinski definition) is 0. The molecule has 6 heteroatoms. The van der Waals surface area contributed by atoms with Crippen molar-refractivity contribution in [1.82, 2.24) is 9.55 Å². The van der Waals surface area contributed by atoms with Crippen LogP contribution in [0.4, 0.5) is 10.1 Å². The number of fused-ring (bicyclic) bond motifs is 1. The Morgan fingerprint density at radius 1 is 0.966 bits per heavy atom. The van der Waals surface area contributed by atoms with Crippen molar-refractivity contribution in [2.75, 3.05) is 4.90 Å². The van der Waals surface area contributed by atoms with E-state index in [-0.39, 0.29) is 17.8 Å². The molecule has 0 N–H and O–H groups in total. The summed E-state index contributed by atoms with van der Waals surface area (Å²) in [6, 6.07) is 22.7. The Morgan fingerprint density at radius 3 is 2.38 bits per heavy atom. The van der Waals surface area contributed by atoms with Gasteiger partial charge in [-0.05, 0) is 35.9 Å². The second-order valence-corrected chi connectivity index (χ2v) is 6.64. The first-order chi connectivity index (χ1) is 14.1. The van der Waals surface area contributed by atoms with Crippen LogP contribution in [0.15, 0.2) is 90.0 Å². The average molecular weight is 387 g/mol. The Bertz CT molecular complexity index is 1210. The minimum atomic E-state index is -0.518. The smallest absolute Gasteiger partial charge is 0.261 e. The van der Waals surface area contributed by atoms with Gasteiger partial charge in [0.2, 0.25) is 5.91 Å². The minimum absolute atomic E-state index is 0.148. The highest BCUT2D eigenvalue weighted by molar-refractivity contribution is 5.93. The van der Waals surface area contributed by atoms with Crippen LogP contribution in [-0.4, -0.2) is 15.5 Å². The van der Waals surface area contributed by atoms with Crippen molar-refractivity contribution in [3.8, 4) is 0 Å². The van der Waals surface area contributed by atoms with Crippen LogP contribution in [0.25, 0.3) is 10.9 Å². The number of aromatic nitrogens is 2. The van der Waals surface area contributed by atoms with Crippen molar-refractivity contribution in [2.24, 2.45) is 0 Å². The zero-order valence-electron chi connectivity index (χ0n) is 15.5. The molecule has 0 atom stereocenters. The van der Waals surface area contributed by atoms with Gasteiger partial charge in [0.15, 0.2) is 0 Å². The molecule has 0 spiro atoms. The molecule has 1 heterocycles. The van der Waals surface area contributed by atoms with Gasteiger partial charge in [-0.1, -0.05) is 48.5 Å². The number of halogens is 1. The molecule has 1 aromatic heterocycles. The third kappa shape index (κ3) is 4.06. The first-order valence-corrected chi connectivity index (χ1v) is 9.16. The Morgan fingerprint density at radius 2 is 1.66 bits per heavy atom. The molecule has 5 nitrogen and oxygen atoms in total. The highest BCUT2D eigenvalue weighted by Gasteiger charge is 2.18. The summed E-state index contributed by atoms with van der Waals surface area (Å²) in [6.45, 7) is 0.175. The average Bonchev–Trinajstić information content (AvgIpc) is 2.75. The predicted octanol–water partition coefficient (Wildman–Crippen LogP) is 3.77. The summed E-state index contributed by atoms with van der Waals surface area (Å²) in [6.07, 6.45) is 1.33. The SMILES string of the molecule is O=C(Cn1cnc2ccc(F)cc2c1=O)N(Cc1ccccc1)c1ccccc1. The molecule has 0 saturated carbocycles. The van der Waals surface area contributed by atoms with E-state index < -0.39 is 11.4 Å². The lowest BCUT2D eigenvalue weighted by Gasteiger charge is -2.23. The van der Waals surface area contributed by atoms with E-state index in [9.17, 15) is 14.0 Å². The quantitative estimate of drug-likeness (QED) is 0.524. The Balaban J connectivity index is 1.67. The molecule has 0 bridgehead atoms. The van der Waals surface area contributed by atoms with Gasteiger partial charge in [-0.25, -0.2) is 9.37 Å². The van der Waals surface area contributed by atoms with Gasteiger partial charge in [0, 0.05) is 5.69 Å². The predicted molar refractivity (Wildman–Crippen MR) is 110 cm³/mol. The van der Waals surface area contributed by atoms with Crippen LogP contribution in [0.3, 0.4) is 0 Å². The van der Waals surface area contributed by atoms with Gasteiger partial charge in [0.05, 0.1) is 23.8 Å². The summed E-state index contributed by atoms with van der Waals surface area (Å²) in [5.74, 6) is -0.782. The van der Waals surface area contributed by atoms with Gasteiger partial charge in [-0.15, -0.1) is 0 Å². The molecule has 0 fully saturated rings. The van der Waals surface area contributed by atoms with Crippen molar-refractivity contribution >= 4 is 22.5 Å². The monoisotopic (exact) mass is 387 g/mol. The van der Waals surface area contributed by atoms with Crippen LogP contribution in [0.2, 0.25) is 0 Å². The van der Waals surface area contributed by atoms with E-state index in [0.717, 1.165) is 17.3 Å². The molecular formula is C23H18FN3O2. The summed E-state index contributed by atoms with van der Waals surface area (Å²) < 4.78 is 14.8. The first-order valence-electron chi connectivity index (χ1n) is 9.16. The maximum atomic E-state index is 13.6. The lowest BCUT2D eigenvalue weighted by molar-refractivity contribution is -0.119. The number of para-hydroxylation sites is 1. The van der Waals surface area contributed by atoms with Crippen molar-refractivity contribution in [3.63, 3.8) is 0 Å². The van der Waals surface area contributed by atoms with E-state index in [1.165, 1.54) is 23.0 Å². The van der Waals surface area contributed by atoms with Crippen LogP contribution in [0.5, 0.6) is 0 Å². The standard InChI is InChI=1S/C23H18FN3O2/c24-18-11-12-21-20(13-18)23(29)26(16-25-21)15-22(28)27(19-9-5-2-6-10-19)14-17-7-3-1-4-8-17/h1-13,16H,14-15H2. The maximum Gasteiger partial charge on any atom is 0.261 e. The van der Waals surface area contributed by atoms with E-state index in [4.69, 9.17) is 0 Å². The number of rotatable bonds is 5. The molecule has 0 aliphatic carbocycles. The number of amides is 1. The van der Waals surface area contributed by atoms with Gasteiger partial charge < -0.3 is 4.90 Å². The fourth-order valence-corrected chi connectivity index (χ4v) is 3.17. The third-order valence-electron chi connectivity index (χ3n) is 4.64. The molecule has 0 aliphatic heterocycles. The molecule has 1 amide bonds. The number of nitrogens with zero attached hydrogens (tertiary/aromatic N) is 3. The highest BCUT2D eigenvalue weighted by atomic mass is 19.1. The summed E-state index contributed by atoms with van der Waals surface area (Å²) in [5.41, 5.74) is 1.64. The van der Waals surface area contributed by atoms with Gasteiger partial charge in [-0.3, -0.25) is 14.2 Å². The topological polar surface area (TPSA) is 55.2 Å². The molecule has 4 rings (SSSR count). The third-order valence-corrected chi connectivity index (χ3v) is 4.64. The number of carbonyl (C=O) groups is 1. The van der Waals surface area contributed by atoms with Crippen LogP contribution < -0.4 is 10.5 Å². The lowest BCUT2D eigenvalue weighted by atomic mass is 10.2. The van der Waals surface area contributed by atoms with Gasteiger partial charge in [0.1, 0.15) is 12.4 Å². The van der Waals surface area contributed by atoms with Crippen molar-refractivity contribution in [1.29, 1.82) is 0 Å². The number of hydrogen-bond acceptors (Lipinski definition) is 3. The molecular weight excluding hydrogens is 369 g/mol. The normalized spacial score (nSPS) is 10.8. The van der Waals surface area contributed by atoms with E-state index in [1.54, 1.807) is 4.90 Å². The molecule has 0 saturated heterocycles. The second kappa shape index (κ2) is 8.06. The molecule has 3 aromatic carbocycles. The van der Waals surface area contributed by atoms with Gasteiger partial charge in [-0.2, -0.15) is 0 Å². The van der Waals surface area contributed by atoms with Crippen molar-refractivity contribution in [3.05, 3.63) is 107 Å². The Labute approximate surface area is 166 Å². The zero-order chi connectivity index (χ0) is 20.2. The maximum absolute atomic E-state index is 13.6. The van der Waals surface area contributed by atoms with Crippen molar-refractivity contribution in [2.45, 2.75) is 13.1 Å². The van der Waals surface area contributed by atoms with E-state index in [2.05, 4.69) is 4.98 Å². The highest BCUT2D eigenvalue weighted by Crippen LogP contribution is 2.18. The van der Waals surface area contributed by atoms with Crippen LogP contribution in [0, 0.1) is 5.82 Å². The number of carbonyl (C=O) groups excluding carboxylic acids is 1. The molecule has 0 radical (unpaired) electrons. The molecule has 0 unspecified atom stereocenters. The molecule has 4 aromatic rings. The largest absolute Gasteiger partial charge is 0.306 e. The summed E-state index contributed by atoms with van der Waals surface area (Å²) >= 11 is 0. The summed E-state index contributed by atoms with van der Waals surface area (Å²) in [5, 5.41) is 0.148. The zero-order valence-corrected chi connectivity index (χ0v) is 15.5. The van der Waals surface area contributed by atoms with E-state index >= 15 is 0 Å². The Hall–Kier alpha value is -3.80. The fraction of sp³-hybridized carbons (Fsp3) is 0.0870. The van der Waals surface area contributed by atoms with Gasteiger partial charge >= 0.3 is 0 Å². The van der Waals surface area contributed by atoms with Crippen LogP contribution in [0.1, 0.15) is 5.56 Å². The van der Waals surface area contributed by atoms with E-state index in [1.807, 2.05) is 60.7 Å². The molecule has 0 aliphatic rings. The van der Waals surface area contributed by atoms with Crippen LogP contribution >= 0.6 is 0 Å². The molecule has 29 heavy (non-hydrogen) atoms. The second-order valence-electron chi connectivity index (χ2n) is 6.64. The summed E-state index contributed by atoms with van der Waals surface area (Å²) in [7, 11) is 0. The Kier molecular flexibility index (Phi) is 5.16. The fourth-order valence-electron chi connectivity index (χ4n) is 3.17. The minimum Gasteiger partial charge on any atom is -0.306 e. The number of benzene rings is 3. The van der Waals surface area contributed by atoms with Crippen LogP contribution in [-0.2, 0) is 17.9 Å². The van der Waals surface area contributed by atoms with Crippen molar-refractivity contribution < 1.29 is 9.18 Å². The summed E-state index contributed by atoms with van der Waals surface area (Å²) in [4.78, 5) is 31.7. The number of anilines is 1. The van der Waals surface area contributed by atoms with E-state index in [0.29, 0.717) is 12.1 Å². The lowest BCUT2D eigenvalue weighted by Crippen LogP contribution is -2.36. The first kappa shape index (κ1) is 18.6. The molecule has 144 valence electrons. The van der Waals surface area contributed by atoms with Gasteiger partial charge in [0.25, 0.3) is 5.56 Å².